The van der Waals surface area contributed by atoms with Crippen LogP contribution in [0.4, 0.5) is 5.69 Å². The summed E-state index contributed by atoms with van der Waals surface area (Å²) in [4.78, 5) is 30.9. The molecule has 1 aliphatic heterocycles. The number of amides is 2. The lowest BCUT2D eigenvalue weighted by Crippen LogP contribution is -2.31. The molecular formula is C19H17N3O3. The third-order valence-electron chi connectivity index (χ3n) is 4.35. The fourth-order valence-electron chi connectivity index (χ4n) is 3.19. The number of imide groups is 1. The SMILES string of the molecule is CCOc1ccc(N2C(=O)C[C@H](n3cnc4ccccc43)C2=O)cc1. The van der Waals surface area contributed by atoms with Gasteiger partial charge in [-0.05, 0) is 43.3 Å². The smallest absolute Gasteiger partial charge is 0.257 e. The van der Waals surface area contributed by atoms with Gasteiger partial charge in [-0.2, -0.15) is 0 Å². The molecule has 25 heavy (non-hydrogen) atoms. The highest BCUT2D eigenvalue weighted by atomic mass is 16.5. The topological polar surface area (TPSA) is 64.4 Å². The molecule has 2 aromatic carbocycles. The molecule has 6 heteroatoms. The van der Waals surface area contributed by atoms with Crippen molar-refractivity contribution in [2.24, 2.45) is 0 Å². The van der Waals surface area contributed by atoms with E-state index in [2.05, 4.69) is 4.98 Å². The number of benzene rings is 2. The Labute approximate surface area is 144 Å². The molecule has 1 fully saturated rings. The van der Waals surface area contributed by atoms with Crippen molar-refractivity contribution in [2.45, 2.75) is 19.4 Å². The maximum absolute atomic E-state index is 12.9. The number of imidazole rings is 1. The van der Waals surface area contributed by atoms with Crippen LogP contribution >= 0.6 is 0 Å². The largest absolute Gasteiger partial charge is 0.494 e. The number of rotatable bonds is 4. The molecule has 126 valence electrons. The Morgan fingerprint density at radius 3 is 2.64 bits per heavy atom. The van der Waals surface area contributed by atoms with E-state index in [1.54, 1.807) is 35.2 Å². The van der Waals surface area contributed by atoms with Crippen LogP contribution < -0.4 is 9.64 Å². The summed E-state index contributed by atoms with van der Waals surface area (Å²) in [6, 6.07) is 14.0. The van der Waals surface area contributed by atoms with Gasteiger partial charge in [0.05, 0.1) is 36.1 Å². The summed E-state index contributed by atoms with van der Waals surface area (Å²) in [5.74, 6) is 0.261. The lowest BCUT2D eigenvalue weighted by Gasteiger charge is -2.16. The molecular weight excluding hydrogens is 318 g/mol. The Bertz CT molecular complexity index is 946. The monoisotopic (exact) mass is 335 g/mol. The predicted octanol–water partition coefficient (Wildman–Crippen LogP) is 2.94. The molecule has 0 bridgehead atoms. The molecule has 0 saturated carbocycles. The van der Waals surface area contributed by atoms with E-state index in [0.717, 1.165) is 11.0 Å². The van der Waals surface area contributed by atoms with Crippen molar-refractivity contribution in [1.82, 2.24) is 9.55 Å². The molecule has 1 saturated heterocycles. The highest BCUT2D eigenvalue weighted by Crippen LogP contribution is 2.32. The second kappa shape index (κ2) is 6.05. The molecule has 0 unspecified atom stereocenters. The summed E-state index contributed by atoms with van der Waals surface area (Å²) < 4.78 is 7.19. The van der Waals surface area contributed by atoms with E-state index < -0.39 is 6.04 Å². The molecule has 2 heterocycles. The van der Waals surface area contributed by atoms with Crippen molar-refractivity contribution in [2.75, 3.05) is 11.5 Å². The quantitative estimate of drug-likeness (QED) is 0.688. The zero-order valence-corrected chi connectivity index (χ0v) is 13.8. The minimum atomic E-state index is -0.563. The van der Waals surface area contributed by atoms with Crippen molar-refractivity contribution in [3.05, 3.63) is 54.9 Å². The zero-order valence-electron chi connectivity index (χ0n) is 13.8. The average Bonchev–Trinajstić information content (AvgIpc) is 3.17. The number of anilines is 1. The van der Waals surface area contributed by atoms with E-state index >= 15 is 0 Å². The number of carbonyl (C=O) groups is 2. The Kier molecular flexibility index (Phi) is 3.72. The van der Waals surface area contributed by atoms with Crippen molar-refractivity contribution in [1.29, 1.82) is 0 Å². The van der Waals surface area contributed by atoms with Crippen LogP contribution in [-0.4, -0.2) is 28.0 Å². The molecule has 1 atom stereocenters. The fourth-order valence-corrected chi connectivity index (χ4v) is 3.19. The van der Waals surface area contributed by atoms with Crippen LogP contribution in [-0.2, 0) is 9.59 Å². The lowest BCUT2D eigenvalue weighted by atomic mass is 10.2. The van der Waals surface area contributed by atoms with E-state index in [1.807, 2.05) is 31.2 Å². The Morgan fingerprint density at radius 1 is 1.12 bits per heavy atom. The summed E-state index contributed by atoms with van der Waals surface area (Å²) in [6.07, 6.45) is 1.76. The van der Waals surface area contributed by atoms with Gasteiger partial charge in [-0.25, -0.2) is 9.88 Å². The van der Waals surface area contributed by atoms with Crippen molar-refractivity contribution < 1.29 is 14.3 Å². The van der Waals surface area contributed by atoms with E-state index in [9.17, 15) is 9.59 Å². The molecule has 4 rings (SSSR count). The van der Waals surface area contributed by atoms with E-state index in [1.165, 1.54) is 4.90 Å². The van der Waals surface area contributed by atoms with Crippen LogP contribution in [0.15, 0.2) is 54.9 Å². The number of hydrogen-bond acceptors (Lipinski definition) is 4. The zero-order chi connectivity index (χ0) is 17.4. The average molecular weight is 335 g/mol. The number of hydrogen-bond donors (Lipinski definition) is 0. The van der Waals surface area contributed by atoms with Crippen LogP contribution in [0.1, 0.15) is 19.4 Å². The van der Waals surface area contributed by atoms with Gasteiger partial charge in [0.2, 0.25) is 5.91 Å². The maximum Gasteiger partial charge on any atom is 0.257 e. The standard InChI is InChI=1S/C19H17N3O3/c1-2-25-14-9-7-13(8-10-14)22-18(23)11-17(19(22)24)21-12-20-15-5-3-4-6-16(15)21/h3-10,12,17H,2,11H2,1H3/t17-/m0/s1. The highest BCUT2D eigenvalue weighted by Gasteiger charge is 2.41. The van der Waals surface area contributed by atoms with Gasteiger partial charge in [-0.3, -0.25) is 9.59 Å². The molecule has 0 radical (unpaired) electrons. The number of aromatic nitrogens is 2. The molecule has 6 nitrogen and oxygen atoms in total. The van der Waals surface area contributed by atoms with E-state index in [4.69, 9.17) is 4.74 Å². The minimum absolute atomic E-state index is 0.131. The first-order valence-corrected chi connectivity index (χ1v) is 8.20. The van der Waals surface area contributed by atoms with Gasteiger partial charge < -0.3 is 9.30 Å². The molecule has 1 aliphatic rings. The van der Waals surface area contributed by atoms with Crippen molar-refractivity contribution >= 4 is 28.5 Å². The van der Waals surface area contributed by atoms with Crippen LogP contribution in [0.2, 0.25) is 0 Å². The van der Waals surface area contributed by atoms with Gasteiger partial charge in [0, 0.05) is 0 Å². The first-order valence-electron chi connectivity index (χ1n) is 8.20. The number of ether oxygens (including phenoxy) is 1. The normalized spacial score (nSPS) is 17.5. The van der Waals surface area contributed by atoms with Gasteiger partial charge in [-0.1, -0.05) is 12.1 Å². The van der Waals surface area contributed by atoms with Crippen LogP contribution in [0.3, 0.4) is 0 Å². The number of carbonyl (C=O) groups excluding carboxylic acids is 2. The van der Waals surface area contributed by atoms with Crippen molar-refractivity contribution in [3.63, 3.8) is 0 Å². The van der Waals surface area contributed by atoms with Crippen LogP contribution in [0, 0.1) is 0 Å². The van der Waals surface area contributed by atoms with Crippen LogP contribution in [0.25, 0.3) is 11.0 Å². The van der Waals surface area contributed by atoms with Gasteiger partial charge >= 0.3 is 0 Å². The van der Waals surface area contributed by atoms with Gasteiger partial charge in [0.1, 0.15) is 11.8 Å². The summed E-state index contributed by atoms with van der Waals surface area (Å²) >= 11 is 0. The fraction of sp³-hybridized carbons (Fsp3) is 0.211. The van der Waals surface area contributed by atoms with Crippen LogP contribution in [0.5, 0.6) is 5.75 Å². The molecule has 1 aromatic heterocycles. The molecule has 0 spiro atoms. The lowest BCUT2D eigenvalue weighted by molar-refractivity contribution is -0.122. The van der Waals surface area contributed by atoms with Gasteiger partial charge in [0.25, 0.3) is 5.91 Å². The van der Waals surface area contributed by atoms with E-state index in [-0.39, 0.29) is 18.2 Å². The number of nitrogens with zero attached hydrogens (tertiary/aromatic N) is 3. The number of fused-ring (bicyclic) bond motifs is 1. The molecule has 0 aliphatic carbocycles. The third-order valence-corrected chi connectivity index (χ3v) is 4.35. The molecule has 3 aromatic rings. The minimum Gasteiger partial charge on any atom is -0.494 e. The summed E-state index contributed by atoms with van der Waals surface area (Å²) in [5, 5.41) is 0. The summed E-state index contributed by atoms with van der Waals surface area (Å²) in [6.45, 7) is 2.47. The van der Waals surface area contributed by atoms with Gasteiger partial charge in [0.15, 0.2) is 0 Å². The second-order valence-electron chi connectivity index (χ2n) is 5.85. The molecule has 0 N–H and O–H groups in total. The third kappa shape index (κ3) is 2.55. The Balaban J connectivity index is 1.66. The first-order chi connectivity index (χ1) is 12.2. The van der Waals surface area contributed by atoms with E-state index in [0.29, 0.717) is 18.0 Å². The number of para-hydroxylation sites is 2. The first kappa shape index (κ1) is 15.4. The summed E-state index contributed by atoms with van der Waals surface area (Å²) in [7, 11) is 0. The second-order valence-corrected chi connectivity index (χ2v) is 5.85. The van der Waals surface area contributed by atoms with Gasteiger partial charge in [-0.15, -0.1) is 0 Å². The van der Waals surface area contributed by atoms with Crippen molar-refractivity contribution in [3.8, 4) is 5.75 Å². The Morgan fingerprint density at radius 2 is 1.88 bits per heavy atom. The molecule has 2 amide bonds. The maximum atomic E-state index is 12.9. The highest BCUT2D eigenvalue weighted by molar-refractivity contribution is 6.21. The Hall–Kier alpha value is -3.15. The predicted molar refractivity (Wildman–Crippen MR) is 93.5 cm³/mol. The summed E-state index contributed by atoms with van der Waals surface area (Å²) in [5.41, 5.74) is 2.22.